The number of hydrogen-bond acceptors (Lipinski definition) is 3. The average Bonchev–Trinajstić information content (AvgIpc) is 2.72. The van der Waals surface area contributed by atoms with Crippen molar-refractivity contribution in [3.63, 3.8) is 0 Å². The van der Waals surface area contributed by atoms with Gasteiger partial charge >= 0.3 is 0 Å². The minimum absolute atomic E-state index is 0.132. The van der Waals surface area contributed by atoms with E-state index in [1.54, 1.807) is 24.3 Å². The summed E-state index contributed by atoms with van der Waals surface area (Å²) in [5, 5.41) is 5.60. The first-order valence-electron chi connectivity index (χ1n) is 9.31. The summed E-state index contributed by atoms with van der Waals surface area (Å²) in [7, 11) is 0. The summed E-state index contributed by atoms with van der Waals surface area (Å²) in [5.41, 5.74) is 3.67. The molecular weight excluding hydrogens is 369 g/mol. The molecule has 2 aromatic carbocycles. The van der Waals surface area contributed by atoms with Crippen molar-refractivity contribution in [3.05, 3.63) is 94.6 Å². The van der Waals surface area contributed by atoms with Crippen molar-refractivity contribution in [1.82, 2.24) is 10.3 Å². The van der Waals surface area contributed by atoms with Gasteiger partial charge in [0.15, 0.2) is 0 Å². The highest BCUT2D eigenvalue weighted by atomic mass is 19.1. The molecule has 0 saturated carbocycles. The lowest BCUT2D eigenvalue weighted by Crippen LogP contribution is -2.27. The Morgan fingerprint density at radius 3 is 2.41 bits per heavy atom. The number of rotatable bonds is 6. The van der Waals surface area contributed by atoms with Gasteiger partial charge in [0, 0.05) is 24.0 Å². The lowest BCUT2D eigenvalue weighted by molar-refractivity contribution is 0.0949. The summed E-state index contributed by atoms with van der Waals surface area (Å²) in [6.45, 7) is 4.10. The van der Waals surface area contributed by atoms with E-state index in [0.29, 0.717) is 17.5 Å². The van der Waals surface area contributed by atoms with E-state index in [-0.39, 0.29) is 24.0 Å². The Balaban J connectivity index is 1.64. The van der Waals surface area contributed by atoms with E-state index in [0.717, 1.165) is 16.8 Å². The molecule has 0 aliphatic carbocycles. The molecule has 3 aromatic rings. The summed E-state index contributed by atoms with van der Waals surface area (Å²) in [4.78, 5) is 29.0. The molecule has 0 spiro atoms. The van der Waals surface area contributed by atoms with Gasteiger partial charge in [0.1, 0.15) is 11.5 Å². The van der Waals surface area contributed by atoms with Gasteiger partial charge < -0.3 is 10.6 Å². The summed E-state index contributed by atoms with van der Waals surface area (Å²) >= 11 is 0. The fourth-order valence-electron chi connectivity index (χ4n) is 3.00. The zero-order valence-corrected chi connectivity index (χ0v) is 16.3. The second-order valence-corrected chi connectivity index (χ2v) is 6.75. The number of carbonyl (C=O) groups excluding carboxylic acids is 2. The fourth-order valence-corrected chi connectivity index (χ4v) is 3.00. The Labute approximate surface area is 169 Å². The number of pyridine rings is 1. The Kier molecular flexibility index (Phi) is 6.34. The largest absolute Gasteiger partial charge is 0.350 e. The average molecular weight is 391 g/mol. The van der Waals surface area contributed by atoms with E-state index in [4.69, 9.17) is 0 Å². The van der Waals surface area contributed by atoms with Crippen molar-refractivity contribution in [1.29, 1.82) is 0 Å². The Bertz CT molecular complexity index is 1030. The molecular formula is C23H22FN3O2. The molecule has 0 radical (unpaired) electrons. The zero-order chi connectivity index (χ0) is 20.8. The van der Waals surface area contributed by atoms with Gasteiger partial charge in [0.05, 0.1) is 0 Å². The minimum Gasteiger partial charge on any atom is -0.350 e. The van der Waals surface area contributed by atoms with Gasteiger partial charge in [0.25, 0.3) is 11.8 Å². The number of carbonyl (C=O) groups is 2. The molecule has 1 heterocycles. The van der Waals surface area contributed by atoms with Gasteiger partial charge in [-0.25, -0.2) is 4.39 Å². The molecule has 0 bridgehead atoms. The topological polar surface area (TPSA) is 71.1 Å². The molecule has 148 valence electrons. The number of para-hydroxylation sites is 1. The molecule has 1 aromatic heterocycles. The van der Waals surface area contributed by atoms with Gasteiger partial charge in [-0.2, -0.15) is 0 Å². The normalized spacial score (nSPS) is 10.4. The number of aryl methyl sites for hydroxylation is 2. The van der Waals surface area contributed by atoms with Gasteiger partial charge in [0.2, 0.25) is 0 Å². The molecule has 0 aliphatic heterocycles. The molecule has 5 nitrogen and oxygen atoms in total. The second-order valence-electron chi connectivity index (χ2n) is 6.75. The van der Waals surface area contributed by atoms with Crippen molar-refractivity contribution in [2.24, 2.45) is 0 Å². The number of halogens is 1. The van der Waals surface area contributed by atoms with E-state index < -0.39 is 5.91 Å². The minimum atomic E-state index is -0.414. The highest BCUT2D eigenvalue weighted by Gasteiger charge is 2.14. The second kappa shape index (κ2) is 9.10. The molecule has 2 amide bonds. The van der Waals surface area contributed by atoms with Crippen LogP contribution < -0.4 is 10.6 Å². The number of anilines is 1. The molecule has 0 fully saturated rings. The fraction of sp³-hybridized carbons (Fsp3) is 0.174. The predicted octanol–water partition coefficient (Wildman–Crippen LogP) is 4.06. The summed E-state index contributed by atoms with van der Waals surface area (Å²) < 4.78 is 13.6. The SMILES string of the molecule is Cc1cccc(C)c1NC(=O)c1ccnc(C(=O)NCCc2ccccc2F)c1. The van der Waals surface area contributed by atoms with Crippen LogP contribution in [0.1, 0.15) is 37.5 Å². The molecule has 0 aliphatic rings. The van der Waals surface area contributed by atoms with Crippen LogP contribution in [0.25, 0.3) is 0 Å². The molecule has 3 rings (SSSR count). The van der Waals surface area contributed by atoms with Crippen LogP contribution in [0.2, 0.25) is 0 Å². The predicted molar refractivity (Wildman–Crippen MR) is 111 cm³/mol. The van der Waals surface area contributed by atoms with E-state index in [1.807, 2.05) is 32.0 Å². The number of benzene rings is 2. The number of nitrogens with one attached hydrogen (secondary N) is 2. The number of amides is 2. The van der Waals surface area contributed by atoms with Gasteiger partial charge in [-0.05, 0) is 55.2 Å². The van der Waals surface area contributed by atoms with Crippen LogP contribution in [-0.2, 0) is 6.42 Å². The number of hydrogen-bond donors (Lipinski definition) is 2. The van der Waals surface area contributed by atoms with Crippen molar-refractivity contribution in [3.8, 4) is 0 Å². The van der Waals surface area contributed by atoms with E-state index in [1.165, 1.54) is 18.3 Å². The maximum absolute atomic E-state index is 13.6. The Hall–Kier alpha value is -3.54. The van der Waals surface area contributed by atoms with Crippen molar-refractivity contribution in [2.45, 2.75) is 20.3 Å². The maximum atomic E-state index is 13.6. The van der Waals surface area contributed by atoms with Crippen LogP contribution in [0.5, 0.6) is 0 Å². The maximum Gasteiger partial charge on any atom is 0.269 e. The standard InChI is InChI=1S/C23H22FN3O2/c1-15-6-5-7-16(2)21(15)27-22(28)18-11-12-25-20(14-18)23(29)26-13-10-17-8-3-4-9-19(17)24/h3-9,11-12,14H,10,13H2,1-2H3,(H,26,29)(H,27,28). The smallest absolute Gasteiger partial charge is 0.269 e. The Morgan fingerprint density at radius 2 is 1.69 bits per heavy atom. The number of aromatic nitrogens is 1. The zero-order valence-electron chi connectivity index (χ0n) is 16.3. The molecule has 6 heteroatoms. The first kappa shape index (κ1) is 20.2. The molecule has 0 atom stereocenters. The lowest BCUT2D eigenvalue weighted by atomic mass is 10.1. The van der Waals surface area contributed by atoms with Crippen LogP contribution in [0.3, 0.4) is 0 Å². The lowest BCUT2D eigenvalue weighted by Gasteiger charge is -2.12. The van der Waals surface area contributed by atoms with E-state index >= 15 is 0 Å². The molecule has 29 heavy (non-hydrogen) atoms. The van der Waals surface area contributed by atoms with Crippen molar-refractivity contribution < 1.29 is 14.0 Å². The monoisotopic (exact) mass is 391 g/mol. The highest BCUT2D eigenvalue weighted by molar-refractivity contribution is 6.06. The van der Waals surface area contributed by atoms with Crippen LogP contribution in [-0.4, -0.2) is 23.3 Å². The summed E-state index contributed by atoms with van der Waals surface area (Å²) in [6, 6.07) is 15.2. The van der Waals surface area contributed by atoms with E-state index in [2.05, 4.69) is 15.6 Å². The molecule has 2 N–H and O–H groups in total. The number of nitrogens with zero attached hydrogens (tertiary/aromatic N) is 1. The van der Waals surface area contributed by atoms with Crippen LogP contribution in [0.15, 0.2) is 60.8 Å². The van der Waals surface area contributed by atoms with Gasteiger partial charge in [-0.3, -0.25) is 14.6 Å². The van der Waals surface area contributed by atoms with Crippen LogP contribution in [0, 0.1) is 19.7 Å². The van der Waals surface area contributed by atoms with Crippen molar-refractivity contribution >= 4 is 17.5 Å². The first-order valence-corrected chi connectivity index (χ1v) is 9.31. The molecule has 0 saturated heterocycles. The third-order valence-electron chi connectivity index (χ3n) is 4.61. The van der Waals surface area contributed by atoms with Crippen LogP contribution in [0.4, 0.5) is 10.1 Å². The summed E-state index contributed by atoms with van der Waals surface area (Å²) in [6.07, 6.45) is 1.79. The van der Waals surface area contributed by atoms with E-state index in [9.17, 15) is 14.0 Å². The van der Waals surface area contributed by atoms with Gasteiger partial charge in [-0.1, -0.05) is 36.4 Å². The first-order chi connectivity index (χ1) is 14.0. The quantitative estimate of drug-likeness (QED) is 0.666. The highest BCUT2D eigenvalue weighted by Crippen LogP contribution is 2.20. The third kappa shape index (κ3) is 5.04. The Morgan fingerprint density at radius 1 is 0.966 bits per heavy atom. The van der Waals surface area contributed by atoms with Gasteiger partial charge in [-0.15, -0.1) is 0 Å². The molecule has 0 unspecified atom stereocenters. The third-order valence-corrected chi connectivity index (χ3v) is 4.61. The van der Waals surface area contributed by atoms with Crippen LogP contribution >= 0.6 is 0 Å². The van der Waals surface area contributed by atoms with Crippen molar-refractivity contribution in [2.75, 3.05) is 11.9 Å². The summed E-state index contributed by atoms with van der Waals surface area (Å²) in [5.74, 6) is -1.03.